The van der Waals surface area contributed by atoms with E-state index in [1.54, 1.807) is 11.8 Å². The van der Waals surface area contributed by atoms with Crippen LogP contribution >= 0.6 is 11.8 Å². The van der Waals surface area contributed by atoms with Gasteiger partial charge in [-0.3, -0.25) is 0 Å². The molecule has 0 saturated carbocycles. The minimum Gasteiger partial charge on any atom is -0.481 e. The first-order valence-corrected chi connectivity index (χ1v) is 5.57. The molecule has 1 aliphatic rings. The van der Waals surface area contributed by atoms with Gasteiger partial charge in [-0.15, -0.1) is 0 Å². The second kappa shape index (κ2) is 4.21. The first-order chi connectivity index (χ1) is 6.81. The molecule has 0 spiro atoms. The molecule has 2 rings (SSSR count). The highest BCUT2D eigenvalue weighted by atomic mass is 32.2. The summed E-state index contributed by atoms with van der Waals surface area (Å²) in [6.45, 7) is 0.502. The maximum absolute atomic E-state index is 9.72. The van der Waals surface area contributed by atoms with Crippen LogP contribution in [0.15, 0.2) is 23.1 Å². The Balaban J connectivity index is 2.19. The lowest BCUT2D eigenvalue weighted by molar-refractivity contribution is 0.170. The van der Waals surface area contributed by atoms with Crippen molar-refractivity contribution in [2.75, 3.05) is 12.5 Å². The summed E-state index contributed by atoms with van der Waals surface area (Å²) < 4.78 is 5.35. The SMILES string of the molecule is NCCC(O)c1ccc2c(c1)SCO2. The molecule has 14 heavy (non-hydrogen) atoms. The molecule has 4 heteroatoms. The third-order valence-corrected chi connectivity index (χ3v) is 3.09. The van der Waals surface area contributed by atoms with E-state index in [-0.39, 0.29) is 0 Å². The highest BCUT2D eigenvalue weighted by Gasteiger charge is 2.15. The summed E-state index contributed by atoms with van der Waals surface area (Å²) in [5, 5.41) is 9.72. The van der Waals surface area contributed by atoms with Gasteiger partial charge in [0.2, 0.25) is 0 Å². The third kappa shape index (κ3) is 1.87. The first-order valence-electron chi connectivity index (χ1n) is 4.59. The molecule has 1 atom stereocenters. The van der Waals surface area contributed by atoms with Crippen molar-refractivity contribution >= 4 is 11.8 Å². The number of nitrogens with two attached hydrogens (primary N) is 1. The highest BCUT2D eigenvalue weighted by molar-refractivity contribution is 7.99. The van der Waals surface area contributed by atoms with Crippen LogP contribution in [0.5, 0.6) is 5.75 Å². The maximum atomic E-state index is 9.72. The van der Waals surface area contributed by atoms with Crippen molar-refractivity contribution in [1.29, 1.82) is 0 Å². The molecule has 1 heterocycles. The fraction of sp³-hybridized carbons (Fsp3) is 0.400. The van der Waals surface area contributed by atoms with Crippen LogP contribution in [0.2, 0.25) is 0 Å². The Bertz CT molecular complexity index is 330. The molecule has 3 N–H and O–H groups in total. The third-order valence-electron chi connectivity index (χ3n) is 2.22. The predicted molar refractivity (Wildman–Crippen MR) is 56.4 cm³/mol. The monoisotopic (exact) mass is 211 g/mol. The zero-order chi connectivity index (χ0) is 9.97. The van der Waals surface area contributed by atoms with Crippen molar-refractivity contribution in [3.05, 3.63) is 23.8 Å². The zero-order valence-corrected chi connectivity index (χ0v) is 8.59. The standard InChI is InChI=1S/C10H13NO2S/c11-4-3-8(12)7-1-2-9-10(5-7)14-6-13-9/h1-2,5,8,12H,3-4,6,11H2. The number of hydrogen-bond donors (Lipinski definition) is 2. The van der Waals surface area contributed by atoms with E-state index in [0.29, 0.717) is 18.9 Å². The summed E-state index contributed by atoms with van der Waals surface area (Å²) >= 11 is 1.65. The second-order valence-electron chi connectivity index (χ2n) is 3.21. The van der Waals surface area contributed by atoms with Crippen LogP contribution in [0.4, 0.5) is 0 Å². The van der Waals surface area contributed by atoms with Gasteiger partial charge in [-0.1, -0.05) is 17.8 Å². The summed E-state index contributed by atoms with van der Waals surface area (Å²) in [6, 6.07) is 5.78. The topological polar surface area (TPSA) is 55.5 Å². The van der Waals surface area contributed by atoms with Crippen molar-refractivity contribution < 1.29 is 9.84 Å². The fourth-order valence-electron chi connectivity index (χ4n) is 1.44. The molecule has 1 aliphatic heterocycles. The van der Waals surface area contributed by atoms with Gasteiger partial charge < -0.3 is 15.6 Å². The number of hydrogen-bond acceptors (Lipinski definition) is 4. The van der Waals surface area contributed by atoms with Gasteiger partial charge in [-0.2, -0.15) is 0 Å². The lowest BCUT2D eigenvalue weighted by atomic mass is 10.1. The average molecular weight is 211 g/mol. The van der Waals surface area contributed by atoms with Gasteiger partial charge in [-0.05, 0) is 30.7 Å². The van der Waals surface area contributed by atoms with E-state index in [1.165, 1.54) is 0 Å². The van der Waals surface area contributed by atoms with Crippen molar-refractivity contribution in [3.63, 3.8) is 0 Å². The van der Waals surface area contributed by atoms with E-state index >= 15 is 0 Å². The van der Waals surface area contributed by atoms with Crippen molar-refractivity contribution in [3.8, 4) is 5.75 Å². The Hall–Kier alpha value is -0.710. The maximum Gasteiger partial charge on any atom is 0.138 e. The van der Waals surface area contributed by atoms with Gasteiger partial charge in [0.15, 0.2) is 0 Å². The molecular weight excluding hydrogens is 198 g/mol. The first kappa shape index (κ1) is 9.83. The Labute approximate surface area is 87.3 Å². The van der Waals surface area contributed by atoms with E-state index in [2.05, 4.69) is 0 Å². The number of ether oxygens (including phenoxy) is 1. The lowest BCUT2D eigenvalue weighted by Crippen LogP contribution is -2.06. The van der Waals surface area contributed by atoms with Gasteiger partial charge in [0.1, 0.15) is 11.7 Å². The lowest BCUT2D eigenvalue weighted by Gasteiger charge is -2.10. The summed E-state index contributed by atoms with van der Waals surface area (Å²) in [7, 11) is 0. The van der Waals surface area contributed by atoms with Gasteiger partial charge in [-0.25, -0.2) is 0 Å². The summed E-state index contributed by atoms with van der Waals surface area (Å²) in [5.41, 5.74) is 6.31. The Morgan fingerprint density at radius 3 is 3.21 bits per heavy atom. The number of benzene rings is 1. The fourth-order valence-corrected chi connectivity index (χ4v) is 2.25. The van der Waals surface area contributed by atoms with E-state index < -0.39 is 6.10 Å². The molecule has 76 valence electrons. The number of aliphatic hydroxyl groups is 1. The van der Waals surface area contributed by atoms with Crippen molar-refractivity contribution in [2.24, 2.45) is 5.73 Å². The van der Waals surface area contributed by atoms with Crippen molar-refractivity contribution in [2.45, 2.75) is 17.4 Å². The quantitative estimate of drug-likeness (QED) is 0.795. The summed E-state index contributed by atoms with van der Waals surface area (Å²) in [5.74, 6) is 1.59. The Kier molecular flexibility index (Phi) is 2.96. The number of fused-ring (bicyclic) bond motifs is 1. The largest absolute Gasteiger partial charge is 0.481 e. The minimum absolute atomic E-state index is 0.452. The number of thioether (sulfide) groups is 1. The van der Waals surface area contributed by atoms with Crippen LogP contribution < -0.4 is 10.5 Å². The van der Waals surface area contributed by atoms with Crippen LogP contribution in [0.3, 0.4) is 0 Å². The average Bonchev–Trinajstić information content (AvgIpc) is 2.64. The molecule has 0 fully saturated rings. The molecule has 0 amide bonds. The van der Waals surface area contributed by atoms with Gasteiger partial charge in [0.05, 0.1) is 11.0 Å². The van der Waals surface area contributed by atoms with Gasteiger partial charge >= 0.3 is 0 Å². The molecular formula is C10H13NO2S. The highest BCUT2D eigenvalue weighted by Crippen LogP contribution is 2.37. The molecule has 0 saturated heterocycles. The number of rotatable bonds is 3. The van der Waals surface area contributed by atoms with Gasteiger partial charge in [0.25, 0.3) is 0 Å². The molecule has 3 nitrogen and oxygen atoms in total. The van der Waals surface area contributed by atoms with Crippen LogP contribution in [-0.4, -0.2) is 17.6 Å². The Morgan fingerprint density at radius 2 is 2.43 bits per heavy atom. The summed E-state index contributed by atoms with van der Waals surface area (Å²) in [6.07, 6.45) is 0.149. The molecule has 1 aromatic carbocycles. The molecule has 0 radical (unpaired) electrons. The molecule has 0 bridgehead atoms. The summed E-state index contributed by atoms with van der Waals surface area (Å²) in [4.78, 5) is 1.11. The van der Waals surface area contributed by atoms with Crippen LogP contribution in [-0.2, 0) is 0 Å². The molecule has 1 aromatic rings. The smallest absolute Gasteiger partial charge is 0.138 e. The predicted octanol–water partition coefficient (Wildman–Crippen LogP) is 1.51. The van der Waals surface area contributed by atoms with E-state index in [0.717, 1.165) is 16.2 Å². The molecule has 0 aliphatic carbocycles. The minimum atomic E-state index is -0.452. The molecule has 1 unspecified atom stereocenters. The second-order valence-corrected chi connectivity index (χ2v) is 4.17. The van der Waals surface area contributed by atoms with Crippen LogP contribution in [0.25, 0.3) is 0 Å². The van der Waals surface area contributed by atoms with E-state index in [1.807, 2.05) is 18.2 Å². The number of aliphatic hydroxyl groups excluding tert-OH is 1. The Morgan fingerprint density at radius 1 is 1.57 bits per heavy atom. The van der Waals surface area contributed by atoms with Crippen LogP contribution in [0, 0.1) is 0 Å². The van der Waals surface area contributed by atoms with Crippen LogP contribution in [0.1, 0.15) is 18.1 Å². The molecule has 0 aromatic heterocycles. The van der Waals surface area contributed by atoms with E-state index in [9.17, 15) is 5.11 Å². The van der Waals surface area contributed by atoms with E-state index in [4.69, 9.17) is 10.5 Å². The van der Waals surface area contributed by atoms with Crippen molar-refractivity contribution in [1.82, 2.24) is 0 Å². The zero-order valence-electron chi connectivity index (χ0n) is 7.77. The van der Waals surface area contributed by atoms with Gasteiger partial charge in [0, 0.05) is 0 Å². The normalized spacial score (nSPS) is 16.1.